The van der Waals surface area contributed by atoms with Crippen LogP contribution in [0.4, 0.5) is 0 Å². The molecule has 0 aromatic carbocycles. The fraction of sp³-hybridized carbons (Fsp3) is 1.00. The summed E-state index contributed by atoms with van der Waals surface area (Å²) in [5.41, 5.74) is 0. The molecule has 0 heterocycles. The maximum absolute atomic E-state index is 8.49. The summed E-state index contributed by atoms with van der Waals surface area (Å²) in [4.78, 5) is 0. The number of hydrogen-bond acceptors (Lipinski definition) is 4. The van der Waals surface area contributed by atoms with Crippen LogP contribution >= 0.6 is 0 Å². The Balaban J connectivity index is -0.000000578. The maximum atomic E-state index is 8.49. The Morgan fingerprint density at radius 1 is 0.565 bits per heavy atom. The first-order chi connectivity index (χ1) is 10.2. The van der Waals surface area contributed by atoms with E-state index in [1.807, 2.05) is 0 Å². The summed E-state index contributed by atoms with van der Waals surface area (Å²) in [5.74, 6) is 0. The molecule has 0 aromatic heterocycles. The third-order valence-electron chi connectivity index (χ3n) is 3.94. The van der Waals surface area contributed by atoms with Gasteiger partial charge >= 0.3 is 0 Å². The molecule has 0 saturated heterocycles. The van der Waals surface area contributed by atoms with Gasteiger partial charge in [-0.05, 0) is 25.7 Å². The van der Waals surface area contributed by atoms with Gasteiger partial charge < -0.3 is 4.48 Å². The molecule has 0 amide bonds. The van der Waals surface area contributed by atoms with Crippen molar-refractivity contribution in [3.8, 4) is 0 Å². The number of halogens is 1. The molecule has 23 heavy (non-hydrogen) atoms. The minimum absolute atomic E-state index is 0. The van der Waals surface area contributed by atoms with E-state index in [-0.39, 0.29) is 22.4 Å². The molecular formula is C16H36AgClNO4. The predicted octanol–water partition coefficient (Wildman–Crippen LogP) is 0.245. The van der Waals surface area contributed by atoms with Crippen LogP contribution in [0.5, 0.6) is 0 Å². The van der Waals surface area contributed by atoms with Crippen LogP contribution in [-0.2, 0) is 22.4 Å². The molecule has 0 saturated carbocycles. The van der Waals surface area contributed by atoms with Crippen molar-refractivity contribution in [2.24, 2.45) is 0 Å². The number of hydrogen-bond donors (Lipinski definition) is 0. The van der Waals surface area contributed by atoms with Crippen molar-refractivity contribution in [2.45, 2.75) is 79.1 Å². The summed E-state index contributed by atoms with van der Waals surface area (Å²) in [6.07, 6.45) is 11.1. The minimum Gasteiger partial charge on any atom is -0.324 e. The van der Waals surface area contributed by atoms with Gasteiger partial charge in [0.15, 0.2) is 0 Å². The summed E-state index contributed by atoms with van der Waals surface area (Å²) in [5, 5.41) is 0. The second-order valence-electron chi connectivity index (χ2n) is 6.03. The van der Waals surface area contributed by atoms with Gasteiger partial charge in [0.05, 0.1) is 26.2 Å². The first-order valence-corrected chi connectivity index (χ1v) is 9.94. The maximum Gasteiger partial charge on any atom is 0.0786 e. The Hall–Kier alpha value is 0.830. The van der Waals surface area contributed by atoms with E-state index in [0.29, 0.717) is 0 Å². The zero-order valence-electron chi connectivity index (χ0n) is 15.2. The van der Waals surface area contributed by atoms with Gasteiger partial charge in [-0.3, -0.25) is 0 Å². The van der Waals surface area contributed by atoms with Crippen molar-refractivity contribution in [3.05, 3.63) is 0 Å². The monoisotopic (exact) mass is 448 g/mol. The summed E-state index contributed by atoms with van der Waals surface area (Å²) in [6.45, 7) is 15.0. The molecule has 0 unspecified atom stereocenters. The third kappa shape index (κ3) is 22.8. The van der Waals surface area contributed by atoms with Crippen LogP contribution < -0.4 is 18.6 Å². The van der Waals surface area contributed by atoms with Crippen LogP contribution in [0.15, 0.2) is 0 Å². The number of unbranched alkanes of at least 4 members (excludes halogenated alkanes) is 4. The molecule has 0 N–H and O–H groups in total. The van der Waals surface area contributed by atoms with Gasteiger partial charge in [-0.15, -0.1) is 10.2 Å². The van der Waals surface area contributed by atoms with Gasteiger partial charge in [-0.25, -0.2) is 18.6 Å². The van der Waals surface area contributed by atoms with Crippen molar-refractivity contribution in [1.82, 2.24) is 0 Å². The van der Waals surface area contributed by atoms with Crippen molar-refractivity contribution in [3.63, 3.8) is 0 Å². The average molecular weight is 450 g/mol. The molecule has 0 aliphatic rings. The Morgan fingerprint density at radius 2 is 0.739 bits per heavy atom. The van der Waals surface area contributed by atoms with Crippen LogP contribution in [0.3, 0.4) is 0 Å². The van der Waals surface area contributed by atoms with Crippen molar-refractivity contribution >= 4 is 0 Å². The van der Waals surface area contributed by atoms with Crippen molar-refractivity contribution in [2.75, 3.05) is 26.2 Å². The van der Waals surface area contributed by atoms with E-state index in [1.165, 1.54) is 82.0 Å². The molecule has 7 heteroatoms. The van der Waals surface area contributed by atoms with Crippen molar-refractivity contribution < 1.29 is 55.7 Å². The number of quaternary nitrogens is 1. The molecule has 0 rings (SSSR count). The van der Waals surface area contributed by atoms with Crippen LogP contribution in [0.25, 0.3) is 0 Å². The average Bonchev–Trinajstić information content (AvgIpc) is 2.44. The molecule has 0 aliphatic carbocycles. The molecular weight excluding hydrogens is 414 g/mol. The van der Waals surface area contributed by atoms with Gasteiger partial charge in [0.2, 0.25) is 0 Å². The Labute approximate surface area is 160 Å². The van der Waals surface area contributed by atoms with E-state index in [4.69, 9.17) is 18.6 Å². The fourth-order valence-corrected chi connectivity index (χ4v) is 2.64. The van der Waals surface area contributed by atoms with Crippen LogP contribution in [0, 0.1) is 10.2 Å². The Kier molecular flexibility index (Phi) is 22.0. The minimum atomic E-state index is -4.94. The molecule has 0 spiro atoms. The van der Waals surface area contributed by atoms with Gasteiger partial charge in [0.1, 0.15) is 0 Å². The van der Waals surface area contributed by atoms with Crippen LogP contribution in [0.2, 0.25) is 0 Å². The number of nitrogens with zero attached hydrogens (tertiary/aromatic N) is 1. The fourth-order valence-electron chi connectivity index (χ4n) is 2.64. The smallest absolute Gasteiger partial charge is 0.0786 e. The molecule has 0 fully saturated rings. The summed E-state index contributed by atoms with van der Waals surface area (Å²) < 4.78 is 35.4. The Morgan fingerprint density at radius 3 is 0.870 bits per heavy atom. The van der Waals surface area contributed by atoms with Crippen LogP contribution in [-0.4, -0.2) is 30.7 Å². The molecule has 1 radical (unpaired) electrons. The van der Waals surface area contributed by atoms with Gasteiger partial charge in [0, 0.05) is 22.4 Å². The summed E-state index contributed by atoms with van der Waals surface area (Å²) in [7, 11) is -4.94. The molecule has 5 nitrogen and oxygen atoms in total. The molecule has 0 atom stereocenters. The van der Waals surface area contributed by atoms with E-state index in [0.717, 1.165) is 0 Å². The second-order valence-corrected chi connectivity index (χ2v) is 6.78. The normalized spacial score (nSPS) is 11.5. The van der Waals surface area contributed by atoms with E-state index < -0.39 is 10.2 Å². The second kappa shape index (κ2) is 17.6. The standard InChI is InChI=1S/C16H36N.Ag.ClHO4/c1-5-9-13-17(14-10-6-2,15-11-7-3)16-12-8-4;;2-1(3,4)5/h5-16H2,1-4H3;;(H,2,3,4,5)/q+1;;/p-1. The van der Waals surface area contributed by atoms with E-state index in [2.05, 4.69) is 27.7 Å². The van der Waals surface area contributed by atoms with Crippen LogP contribution in [0.1, 0.15) is 79.1 Å². The van der Waals surface area contributed by atoms with Gasteiger partial charge in [-0.1, -0.05) is 53.4 Å². The SMILES string of the molecule is CCCC[N+](CCCC)(CCCC)CCCC.[Ag].[O-][Cl+3]([O-])([O-])[O-]. The largest absolute Gasteiger partial charge is 0.324 e. The van der Waals surface area contributed by atoms with Gasteiger partial charge in [-0.2, -0.15) is 0 Å². The number of rotatable bonds is 12. The van der Waals surface area contributed by atoms with Gasteiger partial charge in [0.25, 0.3) is 0 Å². The zero-order valence-corrected chi connectivity index (χ0v) is 17.5. The molecule has 147 valence electrons. The first kappa shape index (κ1) is 28.6. The van der Waals surface area contributed by atoms with Crippen molar-refractivity contribution in [1.29, 1.82) is 0 Å². The molecule has 0 aromatic rings. The molecule has 0 aliphatic heterocycles. The first-order valence-electron chi connectivity index (χ1n) is 8.71. The Bertz CT molecular complexity index is 197. The quantitative estimate of drug-likeness (QED) is 0.315. The topological polar surface area (TPSA) is 92.2 Å². The predicted molar refractivity (Wildman–Crippen MR) is 79.4 cm³/mol. The summed E-state index contributed by atoms with van der Waals surface area (Å²) >= 11 is 0. The third-order valence-corrected chi connectivity index (χ3v) is 3.94. The zero-order chi connectivity index (χ0) is 17.5. The van der Waals surface area contributed by atoms with E-state index >= 15 is 0 Å². The summed E-state index contributed by atoms with van der Waals surface area (Å²) in [6, 6.07) is 0. The molecule has 0 bridgehead atoms. The van der Waals surface area contributed by atoms with E-state index in [1.54, 1.807) is 0 Å². The van der Waals surface area contributed by atoms with E-state index in [9.17, 15) is 0 Å².